The van der Waals surface area contributed by atoms with Crippen molar-refractivity contribution in [1.29, 1.82) is 0 Å². The molecule has 0 amide bonds. The number of aryl methyl sites for hydroxylation is 1. The zero-order valence-electron chi connectivity index (χ0n) is 12.9. The molecule has 1 unspecified atom stereocenters. The molecule has 3 atom stereocenters. The Balaban J connectivity index is 1.52. The van der Waals surface area contributed by atoms with Crippen LogP contribution in [0.3, 0.4) is 0 Å². The van der Waals surface area contributed by atoms with Crippen LogP contribution in [0.2, 0.25) is 10.0 Å². The van der Waals surface area contributed by atoms with Crippen LogP contribution in [0, 0.1) is 12.8 Å². The molecule has 1 aliphatic carbocycles. The number of hydrogen-bond acceptors (Lipinski definition) is 4. The average molecular weight is 355 g/mol. The van der Waals surface area contributed by atoms with E-state index in [4.69, 9.17) is 23.2 Å². The van der Waals surface area contributed by atoms with Crippen molar-refractivity contribution in [1.82, 2.24) is 20.5 Å². The third-order valence-corrected chi connectivity index (χ3v) is 4.96. The quantitative estimate of drug-likeness (QED) is 0.771. The number of rotatable bonds is 5. The van der Waals surface area contributed by atoms with Gasteiger partial charge in [-0.05, 0) is 43.4 Å². The summed E-state index contributed by atoms with van der Waals surface area (Å²) in [5.74, 6) is 2.05. The van der Waals surface area contributed by atoms with E-state index in [-0.39, 0.29) is 17.9 Å². The van der Waals surface area contributed by atoms with Crippen LogP contribution in [-0.4, -0.2) is 32.9 Å². The summed E-state index contributed by atoms with van der Waals surface area (Å²) in [7, 11) is 0. The van der Waals surface area contributed by atoms with Crippen molar-refractivity contribution >= 4 is 23.2 Å². The molecule has 124 valence electrons. The fourth-order valence-corrected chi connectivity index (χ4v) is 3.61. The second kappa shape index (κ2) is 7.18. The molecular formula is C16H20Cl2N4O. The van der Waals surface area contributed by atoms with Crippen LogP contribution in [-0.2, 0) is 6.54 Å². The number of halogens is 2. The minimum Gasteiger partial charge on any atom is -0.393 e. The summed E-state index contributed by atoms with van der Waals surface area (Å²) in [5, 5.41) is 22.0. The highest BCUT2D eigenvalue weighted by molar-refractivity contribution is 6.35. The maximum atomic E-state index is 10.3. The normalized spacial score (nSPS) is 24.3. The van der Waals surface area contributed by atoms with Crippen molar-refractivity contribution in [2.24, 2.45) is 5.92 Å². The molecule has 1 saturated carbocycles. The highest BCUT2D eigenvalue weighted by Crippen LogP contribution is 2.36. The standard InChI is InChI=1S/C16H20Cl2N4O/c1-9-20-16(22-21-9)11-4-12(15(23)5-11)8-19-7-10-2-3-13(17)6-14(10)18/h2-3,6,11-12,15,19,23H,4-5,7-8H2,1H3,(H,20,21,22)/t11?,12-,15-/m1/s1. The molecule has 2 aromatic rings. The van der Waals surface area contributed by atoms with Crippen LogP contribution in [0.15, 0.2) is 18.2 Å². The molecule has 0 aliphatic heterocycles. The van der Waals surface area contributed by atoms with Crippen LogP contribution in [0.1, 0.15) is 36.0 Å². The number of H-pyrrole nitrogens is 1. The molecule has 5 nitrogen and oxygen atoms in total. The molecule has 3 rings (SSSR count). The van der Waals surface area contributed by atoms with Crippen molar-refractivity contribution in [3.05, 3.63) is 45.5 Å². The molecule has 1 fully saturated rings. The minimum absolute atomic E-state index is 0.199. The van der Waals surface area contributed by atoms with Gasteiger partial charge in [0.2, 0.25) is 0 Å². The highest BCUT2D eigenvalue weighted by Gasteiger charge is 2.35. The topological polar surface area (TPSA) is 73.8 Å². The van der Waals surface area contributed by atoms with E-state index in [0.717, 1.165) is 30.2 Å². The monoisotopic (exact) mass is 354 g/mol. The number of nitrogens with one attached hydrogen (secondary N) is 2. The van der Waals surface area contributed by atoms with Gasteiger partial charge in [0.05, 0.1) is 6.10 Å². The number of hydrogen-bond donors (Lipinski definition) is 3. The van der Waals surface area contributed by atoms with Gasteiger partial charge in [0, 0.05) is 29.1 Å². The van der Waals surface area contributed by atoms with Gasteiger partial charge in [-0.1, -0.05) is 29.3 Å². The molecule has 0 spiro atoms. The first kappa shape index (κ1) is 16.7. The Morgan fingerprint density at radius 1 is 1.35 bits per heavy atom. The van der Waals surface area contributed by atoms with Gasteiger partial charge in [0.1, 0.15) is 5.82 Å². The lowest BCUT2D eigenvalue weighted by molar-refractivity contribution is 0.131. The van der Waals surface area contributed by atoms with E-state index in [0.29, 0.717) is 23.0 Å². The van der Waals surface area contributed by atoms with Crippen molar-refractivity contribution in [2.45, 2.75) is 38.3 Å². The summed E-state index contributed by atoms with van der Waals surface area (Å²) in [5.41, 5.74) is 1.00. The summed E-state index contributed by atoms with van der Waals surface area (Å²) < 4.78 is 0. The molecule has 0 radical (unpaired) electrons. The number of aliphatic hydroxyl groups excluding tert-OH is 1. The molecule has 0 saturated heterocycles. The molecule has 1 aromatic heterocycles. The second-order valence-electron chi connectivity index (χ2n) is 6.14. The zero-order chi connectivity index (χ0) is 16.4. The number of aliphatic hydroxyl groups is 1. The van der Waals surface area contributed by atoms with Crippen LogP contribution >= 0.6 is 23.2 Å². The van der Waals surface area contributed by atoms with Gasteiger partial charge in [-0.15, -0.1) is 0 Å². The molecule has 1 aromatic carbocycles. The van der Waals surface area contributed by atoms with Gasteiger partial charge >= 0.3 is 0 Å². The van der Waals surface area contributed by atoms with Crippen LogP contribution < -0.4 is 5.32 Å². The molecule has 7 heteroatoms. The van der Waals surface area contributed by atoms with Gasteiger partial charge in [0.15, 0.2) is 5.82 Å². The van der Waals surface area contributed by atoms with Gasteiger partial charge in [0.25, 0.3) is 0 Å². The lowest BCUT2D eigenvalue weighted by Gasteiger charge is -2.15. The Morgan fingerprint density at radius 2 is 2.17 bits per heavy atom. The molecule has 0 bridgehead atoms. The van der Waals surface area contributed by atoms with Gasteiger partial charge in [-0.25, -0.2) is 4.98 Å². The van der Waals surface area contributed by atoms with Crippen molar-refractivity contribution < 1.29 is 5.11 Å². The van der Waals surface area contributed by atoms with Crippen LogP contribution in [0.5, 0.6) is 0 Å². The Labute approximate surface area is 145 Å². The predicted octanol–water partition coefficient (Wildman–Crippen LogP) is 3.06. The Morgan fingerprint density at radius 3 is 2.87 bits per heavy atom. The largest absolute Gasteiger partial charge is 0.393 e. The molecule has 1 aliphatic rings. The van der Waals surface area contributed by atoms with E-state index >= 15 is 0 Å². The van der Waals surface area contributed by atoms with Gasteiger partial charge < -0.3 is 10.4 Å². The number of aromatic nitrogens is 3. The van der Waals surface area contributed by atoms with E-state index in [1.165, 1.54) is 0 Å². The summed E-state index contributed by atoms with van der Waals surface area (Å²) >= 11 is 12.1. The first-order valence-electron chi connectivity index (χ1n) is 7.74. The predicted molar refractivity (Wildman–Crippen MR) is 90.8 cm³/mol. The smallest absolute Gasteiger partial charge is 0.153 e. The Kier molecular flexibility index (Phi) is 5.21. The maximum Gasteiger partial charge on any atom is 0.153 e. The minimum atomic E-state index is -0.327. The Hall–Kier alpha value is -1.14. The van der Waals surface area contributed by atoms with E-state index in [2.05, 4.69) is 20.5 Å². The third-order valence-electron chi connectivity index (χ3n) is 4.37. The third kappa shape index (κ3) is 4.04. The van der Waals surface area contributed by atoms with E-state index in [1.807, 2.05) is 19.1 Å². The highest BCUT2D eigenvalue weighted by atomic mass is 35.5. The van der Waals surface area contributed by atoms with E-state index in [9.17, 15) is 5.11 Å². The number of benzene rings is 1. The zero-order valence-corrected chi connectivity index (χ0v) is 14.4. The Bertz CT molecular complexity index is 676. The fraction of sp³-hybridized carbons (Fsp3) is 0.500. The first-order valence-corrected chi connectivity index (χ1v) is 8.50. The second-order valence-corrected chi connectivity index (χ2v) is 6.99. The van der Waals surface area contributed by atoms with Crippen molar-refractivity contribution in [3.8, 4) is 0 Å². The number of nitrogens with zero attached hydrogens (tertiary/aromatic N) is 2. The molecule has 23 heavy (non-hydrogen) atoms. The lowest BCUT2D eigenvalue weighted by Crippen LogP contribution is -2.27. The van der Waals surface area contributed by atoms with Gasteiger partial charge in [-0.2, -0.15) is 5.10 Å². The van der Waals surface area contributed by atoms with Crippen LogP contribution in [0.4, 0.5) is 0 Å². The number of aromatic amines is 1. The molecule has 3 N–H and O–H groups in total. The molecule has 1 heterocycles. The summed E-state index contributed by atoms with van der Waals surface area (Å²) in [4.78, 5) is 4.38. The summed E-state index contributed by atoms with van der Waals surface area (Å²) in [6.07, 6.45) is 1.28. The van der Waals surface area contributed by atoms with E-state index < -0.39 is 0 Å². The fourth-order valence-electron chi connectivity index (χ4n) is 3.13. The summed E-state index contributed by atoms with van der Waals surface area (Å²) in [6, 6.07) is 5.49. The first-order chi connectivity index (χ1) is 11.0. The van der Waals surface area contributed by atoms with Gasteiger partial charge in [-0.3, -0.25) is 5.10 Å². The lowest BCUT2D eigenvalue weighted by atomic mass is 10.0. The van der Waals surface area contributed by atoms with Crippen molar-refractivity contribution in [2.75, 3.05) is 6.54 Å². The SMILES string of the molecule is Cc1nc(C2C[C@H](CNCc3ccc(Cl)cc3Cl)[C@H](O)C2)n[nH]1. The van der Waals surface area contributed by atoms with Crippen LogP contribution in [0.25, 0.3) is 0 Å². The van der Waals surface area contributed by atoms with Crippen molar-refractivity contribution in [3.63, 3.8) is 0 Å². The van der Waals surface area contributed by atoms with E-state index in [1.54, 1.807) is 6.07 Å². The molecular weight excluding hydrogens is 335 g/mol. The summed E-state index contributed by atoms with van der Waals surface area (Å²) in [6.45, 7) is 3.28. The maximum absolute atomic E-state index is 10.3. The average Bonchev–Trinajstić information content (AvgIpc) is 3.08.